The lowest BCUT2D eigenvalue weighted by molar-refractivity contribution is -0.323. The number of aliphatic hydroxyl groups is 2. The van der Waals surface area contributed by atoms with Crippen LogP contribution >= 0.6 is 0 Å². The molecule has 0 aliphatic heterocycles. The molecule has 0 saturated heterocycles. The van der Waals surface area contributed by atoms with Crippen LogP contribution in [0.4, 0.5) is 26.3 Å². The van der Waals surface area contributed by atoms with E-state index >= 15 is 4.39 Å². The van der Waals surface area contributed by atoms with Gasteiger partial charge in [-0.05, 0) is 0 Å². The summed E-state index contributed by atoms with van der Waals surface area (Å²) < 4.78 is 82.5. The molecule has 0 radical (unpaired) electrons. The van der Waals surface area contributed by atoms with E-state index in [4.69, 9.17) is 0 Å². The third-order valence-electron chi connectivity index (χ3n) is 3.57. The number of aliphatic hydroxyl groups excluding tert-OH is 1. The Morgan fingerprint density at radius 1 is 0.708 bits per heavy atom. The molecule has 130 valence electrons. The third-order valence-corrected chi connectivity index (χ3v) is 3.57. The molecule has 0 aromatic heterocycles. The van der Waals surface area contributed by atoms with E-state index in [2.05, 4.69) is 0 Å². The van der Waals surface area contributed by atoms with E-state index in [0.717, 1.165) is 42.5 Å². The van der Waals surface area contributed by atoms with Crippen LogP contribution in [0.25, 0.3) is 0 Å². The van der Waals surface area contributed by atoms with E-state index in [0.29, 0.717) is 6.07 Å². The monoisotopic (exact) mass is 350 g/mol. The Morgan fingerprint density at radius 3 is 1.71 bits per heavy atom. The van der Waals surface area contributed by atoms with Gasteiger partial charge in [0.05, 0.1) is 0 Å². The molecule has 0 amide bonds. The van der Waals surface area contributed by atoms with Crippen LogP contribution in [0.1, 0.15) is 23.0 Å². The van der Waals surface area contributed by atoms with E-state index in [-0.39, 0.29) is 0 Å². The largest absolute Gasteiger partial charge is 0.457 e. The first-order chi connectivity index (χ1) is 11.0. The summed E-state index contributed by atoms with van der Waals surface area (Å²) in [7, 11) is 0. The van der Waals surface area contributed by atoms with Gasteiger partial charge in [0, 0.05) is 16.7 Å². The molecule has 2 N–H and O–H groups in total. The molecule has 1 atom stereocenters. The average Bonchev–Trinajstić information content (AvgIpc) is 2.53. The second-order valence-electron chi connectivity index (χ2n) is 5.06. The molecule has 0 heterocycles. The van der Waals surface area contributed by atoms with Crippen LogP contribution in [0.5, 0.6) is 0 Å². The minimum absolute atomic E-state index is 0.668. The maximum Gasteiger partial charge on any atom is 0.457 e. The number of benzene rings is 2. The van der Waals surface area contributed by atoms with E-state index in [1.807, 2.05) is 0 Å². The van der Waals surface area contributed by atoms with Crippen molar-refractivity contribution in [2.45, 2.75) is 24.1 Å². The van der Waals surface area contributed by atoms with Crippen LogP contribution in [0.15, 0.2) is 54.6 Å². The smallest absolute Gasteiger partial charge is 0.364 e. The summed E-state index contributed by atoms with van der Waals surface area (Å²) in [6, 6.07) is 8.82. The summed E-state index contributed by atoms with van der Waals surface area (Å²) in [6.07, 6.45) is -8.63. The zero-order chi connectivity index (χ0) is 18.2. The summed E-state index contributed by atoms with van der Waals surface area (Å²) >= 11 is 0. The fourth-order valence-corrected chi connectivity index (χ4v) is 2.40. The van der Waals surface area contributed by atoms with Gasteiger partial charge in [-0.1, -0.05) is 54.6 Å². The van der Waals surface area contributed by atoms with Crippen LogP contribution < -0.4 is 0 Å². The van der Waals surface area contributed by atoms with E-state index in [1.165, 1.54) is 6.07 Å². The average molecular weight is 350 g/mol. The minimum atomic E-state index is -6.20. The Labute approximate surface area is 133 Å². The molecule has 0 saturated carbocycles. The molecule has 2 aromatic carbocycles. The van der Waals surface area contributed by atoms with Gasteiger partial charge in [0.2, 0.25) is 5.67 Å². The van der Waals surface area contributed by atoms with Crippen molar-refractivity contribution in [1.82, 2.24) is 0 Å². The summed E-state index contributed by atoms with van der Waals surface area (Å²) in [5, 5.41) is 18.5. The Balaban J connectivity index is 2.85. The van der Waals surface area contributed by atoms with Crippen molar-refractivity contribution in [3.05, 3.63) is 71.3 Å². The highest BCUT2D eigenvalue weighted by atomic mass is 19.4. The summed E-state index contributed by atoms with van der Waals surface area (Å²) in [4.78, 5) is 0. The second-order valence-corrected chi connectivity index (χ2v) is 5.06. The Kier molecular flexibility index (Phi) is 4.65. The summed E-state index contributed by atoms with van der Waals surface area (Å²) in [6.45, 7) is 0. The van der Waals surface area contributed by atoms with Gasteiger partial charge in [-0.25, -0.2) is 4.39 Å². The number of rotatable bonds is 4. The number of hydrogen-bond acceptors (Lipinski definition) is 2. The summed E-state index contributed by atoms with van der Waals surface area (Å²) in [5.41, 5.74) is -7.26. The first-order valence-electron chi connectivity index (χ1n) is 6.68. The van der Waals surface area contributed by atoms with Crippen molar-refractivity contribution in [1.29, 1.82) is 0 Å². The Morgan fingerprint density at radius 2 is 1.21 bits per heavy atom. The molecular weight excluding hydrogens is 338 g/mol. The molecule has 0 bridgehead atoms. The van der Waals surface area contributed by atoms with Gasteiger partial charge in [-0.3, -0.25) is 0 Å². The normalized spacial score (nSPS) is 15.4. The van der Waals surface area contributed by atoms with E-state index in [9.17, 15) is 32.2 Å². The fraction of sp³-hybridized carbons (Fsp3) is 0.250. The molecule has 0 aliphatic carbocycles. The van der Waals surface area contributed by atoms with Crippen molar-refractivity contribution in [2.24, 2.45) is 0 Å². The highest BCUT2D eigenvalue weighted by Gasteiger charge is 2.73. The maximum atomic E-state index is 15.5. The highest BCUT2D eigenvalue weighted by molar-refractivity contribution is 5.44. The van der Waals surface area contributed by atoms with Crippen LogP contribution in [0, 0.1) is 0 Å². The van der Waals surface area contributed by atoms with Gasteiger partial charge < -0.3 is 10.2 Å². The number of alkyl halides is 6. The van der Waals surface area contributed by atoms with Gasteiger partial charge in [0.25, 0.3) is 0 Å². The zero-order valence-corrected chi connectivity index (χ0v) is 11.9. The molecule has 2 aromatic rings. The van der Waals surface area contributed by atoms with Gasteiger partial charge in [0.15, 0.2) is 6.29 Å². The van der Waals surface area contributed by atoms with E-state index < -0.39 is 40.7 Å². The molecule has 0 spiro atoms. The SMILES string of the molecule is OC(O)c1ccccc1C(F)(c1ccccc1)C(F)(F)C(F)(F)F. The standard InChI is InChI=1S/C16H12F6O2/c17-14(10-6-2-1-3-7-10,15(18,19)16(20,21)22)12-9-5-4-8-11(12)13(23)24/h1-9,13,23-24H. The van der Waals surface area contributed by atoms with Crippen molar-refractivity contribution < 1.29 is 36.6 Å². The predicted molar refractivity (Wildman–Crippen MR) is 73.0 cm³/mol. The Bertz CT molecular complexity index is 699. The first-order valence-corrected chi connectivity index (χ1v) is 6.68. The quantitative estimate of drug-likeness (QED) is 0.644. The molecule has 0 aliphatic rings. The van der Waals surface area contributed by atoms with Gasteiger partial charge in [-0.15, -0.1) is 0 Å². The molecule has 8 heteroatoms. The summed E-state index contributed by atoms with van der Waals surface area (Å²) in [5.74, 6) is -5.81. The van der Waals surface area contributed by atoms with Crippen LogP contribution in [0.2, 0.25) is 0 Å². The van der Waals surface area contributed by atoms with Crippen molar-refractivity contribution in [3.63, 3.8) is 0 Å². The van der Waals surface area contributed by atoms with Crippen LogP contribution in [0.3, 0.4) is 0 Å². The fourth-order valence-electron chi connectivity index (χ4n) is 2.40. The predicted octanol–water partition coefficient (Wildman–Crippen LogP) is 4.08. The van der Waals surface area contributed by atoms with Gasteiger partial charge in [-0.2, -0.15) is 22.0 Å². The lowest BCUT2D eigenvalue weighted by atomic mass is 9.79. The van der Waals surface area contributed by atoms with E-state index in [1.54, 1.807) is 0 Å². The highest BCUT2D eigenvalue weighted by Crippen LogP contribution is 2.55. The molecule has 24 heavy (non-hydrogen) atoms. The molecule has 2 nitrogen and oxygen atoms in total. The third kappa shape index (κ3) is 2.76. The lowest BCUT2D eigenvalue weighted by Gasteiger charge is -2.36. The molecule has 1 unspecified atom stereocenters. The number of hydrogen-bond donors (Lipinski definition) is 2. The minimum Gasteiger partial charge on any atom is -0.364 e. The first kappa shape index (κ1) is 18.3. The van der Waals surface area contributed by atoms with Gasteiger partial charge >= 0.3 is 12.1 Å². The molecule has 0 fully saturated rings. The Hall–Kier alpha value is -2.06. The molecule has 2 rings (SSSR count). The van der Waals surface area contributed by atoms with Crippen molar-refractivity contribution in [2.75, 3.05) is 0 Å². The van der Waals surface area contributed by atoms with Crippen molar-refractivity contribution in [3.8, 4) is 0 Å². The maximum absolute atomic E-state index is 15.5. The second kappa shape index (κ2) is 6.10. The van der Waals surface area contributed by atoms with Crippen LogP contribution in [-0.4, -0.2) is 22.3 Å². The number of halogens is 6. The van der Waals surface area contributed by atoms with Crippen LogP contribution in [-0.2, 0) is 5.67 Å². The lowest BCUT2D eigenvalue weighted by Crippen LogP contribution is -2.53. The zero-order valence-electron chi connectivity index (χ0n) is 11.9. The van der Waals surface area contributed by atoms with Gasteiger partial charge in [0.1, 0.15) is 0 Å². The molecular formula is C16H12F6O2. The topological polar surface area (TPSA) is 40.5 Å². The van der Waals surface area contributed by atoms with Crippen molar-refractivity contribution >= 4 is 0 Å².